The van der Waals surface area contributed by atoms with E-state index in [0.717, 1.165) is 57.0 Å². The van der Waals surface area contributed by atoms with Crippen molar-refractivity contribution in [2.24, 2.45) is 0 Å². The molecule has 2 aliphatic rings. The van der Waals surface area contributed by atoms with Gasteiger partial charge in [0.2, 0.25) is 0 Å². The molecule has 0 spiro atoms. The third kappa shape index (κ3) is 10.7. The van der Waals surface area contributed by atoms with Crippen molar-refractivity contribution in [3.8, 4) is 5.75 Å². The Balaban J connectivity index is 1.30. The van der Waals surface area contributed by atoms with Crippen LogP contribution in [0.25, 0.3) is 0 Å². The maximum atomic E-state index is 7.19. The quantitative estimate of drug-likeness (QED) is 0.0864. The van der Waals surface area contributed by atoms with E-state index in [1.165, 1.54) is 0 Å². The van der Waals surface area contributed by atoms with Crippen LogP contribution in [0.5, 0.6) is 5.75 Å². The van der Waals surface area contributed by atoms with E-state index in [1.54, 1.807) is 7.11 Å². The van der Waals surface area contributed by atoms with Gasteiger partial charge in [0, 0.05) is 0 Å². The third-order valence-corrected chi connectivity index (χ3v) is 19.1. The van der Waals surface area contributed by atoms with Crippen LogP contribution in [0.15, 0.2) is 84.9 Å². The Bertz CT molecular complexity index is 1270. The Kier molecular flexibility index (Phi) is 14.8. The Morgan fingerprint density at radius 1 is 0.638 bits per heavy atom. The summed E-state index contributed by atoms with van der Waals surface area (Å²) in [6, 6.07) is 28.3. The third-order valence-electron chi connectivity index (χ3n) is 8.73. The summed E-state index contributed by atoms with van der Waals surface area (Å²) in [7, 11) is 1.66. The second-order valence-corrected chi connectivity index (χ2v) is 21.8. The van der Waals surface area contributed by atoms with Gasteiger partial charge in [0.25, 0.3) is 0 Å². The van der Waals surface area contributed by atoms with Crippen molar-refractivity contribution < 1.29 is 34.6 Å². The van der Waals surface area contributed by atoms with Crippen LogP contribution >= 0.6 is 0 Å². The van der Waals surface area contributed by atoms with Gasteiger partial charge in [-0.3, -0.25) is 0 Å². The zero-order valence-corrected chi connectivity index (χ0v) is 31.1. The fraction of sp³-hybridized carbons (Fsp3) is 0.526. The molecule has 47 heavy (non-hydrogen) atoms. The van der Waals surface area contributed by atoms with Gasteiger partial charge in [-0.05, 0) is 0 Å². The van der Waals surface area contributed by atoms with Gasteiger partial charge in [0.1, 0.15) is 5.75 Å². The fourth-order valence-corrected chi connectivity index (χ4v) is 17.9. The van der Waals surface area contributed by atoms with Crippen molar-refractivity contribution in [2.45, 2.75) is 98.9 Å². The zero-order chi connectivity index (χ0) is 32.7. The van der Waals surface area contributed by atoms with Crippen molar-refractivity contribution in [3.05, 3.63) is 102 Å². The van der Waals surface area contributed by atoms with E-state index < -0.39 is 31.6 Å². The average Bonchev–Trinajstić information content (AvgIpc) is 3.50. The van der Waals surface area contributed by atoms with Gasteiger partial charge >= 0.3 is 269 Å². The second-order valence-electron chi connectivity index (χ2n) is 12.4. The average molecular weight is 756 g/mol. The Morgan fingerprint density at radius 3 is 1.87 bits per heavy atom. The van der Waals surface area contributed by atoms with Gasteiger partial charge in [-0.15, -0.1) is 0 Å². The number of methoxy groups -OCH3 is 1. The summed E-state index contributed by atoms with van der Waals surface area (Å²) in [4.78, 5) is 0. The van der Waals surface area contributed by atoms with Crippen LogP contribution < -0.4 is 4.74 Å². The van der Waals surface area contributed by atoms with E-state index in [4.69, 9.17) is 34.6 Å². The molecule has 8 nitrogen and oxygen atoms in total. The van der Waals surface area contributed by atoms with Gasteiger partial charge in [0.05, 0.1) is 7.11 Å². The molecule has 9 heteroatoms. The van der Waals surface area contributed by atoms with Crippen LogP contribution in [-0.4, -0.2) is 76.8 Å². The summed E-state index contributed by atoms with van der Waals surface area (Å²) >= 11 is -3.46. The first-order valence-corrected chi connectivity index (χ1v) is 23.6. The van der Waals surface area contributed by atoms with Gasteiger partial charge in [-0.25, -0.2) is 0 Å². The van der Waals surface area contributed by atoms with Crippen LogP contribution in [0.3, 0.4) is 0 Å². The van der Waals surface area contributed by atoms with Gasteiger partial charge < -0.3 is 4.74 Å². The van der Waals surface area contributed by atoms with Gasteiger partial charge in [-0.2, -0.15) is 0 Å². The number of rotatable bonds is 20. The Morgan fingerprint density at radius 2 is 1.23 bits per heavy atom. The van der Waals surface area contributed by atoms with Gasteiger partial charge in [-0.1, -0.05) is 0 Å². The SMILES string of the molecule is CCC[CH2][Sn]1([CH2]CCC)[O][C@H]2[C@@H]([O]1)[C@@H](COCc1ccccc1)O[C@@H](OCCOCc1ccc(OC)cc1)[C@@H]2OCc1ccccc1. The predicted molar refractivity (Wildman–Crippen MR) is 183 cm³/mol. The molecular weight excluding hydrogens is 703 g/mol. The fourth-order valence-electron chi connectivity index (χ4n) is 6.14. The molecule has 0 radical (unpaired) electrons. The molecule has 5 rings (SSSR count). The molecule has 5 atom stereocenters. The van der Waals surface area contributed by atoms with Crippen LogP contribution in [0.2, 0.25) is 8.87 Å². The molecule has 0 saturated carbocycles. The monoisotopic (exact) mass is 756 g/mol. The van der Waals surface area contributed by atoms with Gasteiger partial charge in [0.15, 0.2) is 0 Å². The number of unbranched alkanes of at least 4 members (excludes halogenated alkanes) is 2. The van der Waals surface area contributed by atoms with Crippen LogP contribution in [-0.2, 0) is 49.7 Å². The summed E-state index contributed by atoms with van der Waals surface area (Å²) in [5.41, 5.74) is 3.28. The number of fused-ring (bicyclic) bond motifs is 1. The first kappa shape index (κ1) is 36.3. The van der Waals surface area contributed by atoms with Crippen LogP contribution in [0, 0.1) is 0 Å². The second kappa shape index (κ2) is 19.2. The Labute approximate surface area is 285 Å². The number of benzene rings is 3. The standard InChI is InChI=1S/C30H34O8.2C4H9.Sn/c1-33-25-14-12-24(13-15-25)18-34-16-17-36-30-29(37-20-23-10-6-3-7-11-23)28(32)27(31)26(38-30)21-35-19-22-8-4-2-5-9-22;2*1-3-4-2;/h2-15,26-30H,16-21H2,1H3;2*1,3-4H2,2H3;/q-2;;;+2/t26-,27+,28+,29-,30-;;;/m1.../s1. The summed E-state index contributed by atoms with van der Waals surface area (Å²) in [5, 5.41) is 0. The summed E-state index contributed by atoms with van der Waals surface area (Å²) in [5.74, 6) is 0.824. The molecule has 2 heterocycles. The van der Waals surface area contributed by atoms with E-state index in [1.807, 2.05) is 60.7 Å². The zero-order valence-electron chi connectivity index (χ0n) is 28.2. The molecule has 0 unspecified atom stereocenters. The molecule has 2 aliphatic heterocycles. The topological polar surface area (TPSA) is 73.8 Å². The van der Waals surface area contributed by atoms with Crippen molar-refractivity contribution >= 4 is 19.2 Å². The normalized spacial score (nSPS) is 23.4. The number of ether oxygens (including phenoxy) is 6. The number of hydrogen-bond donors (Lipinski definition) is 0. The van der Waals surface area contributed by atoms with Crippen molar-refractivity contribution in [1.82, 2.24) is 0 Å². The molecule has 3 aromatic carbocycles. The van der Waals surface area contributed by atoms with E-state index in [9.17, 15) is 0 Å². The molecule has 0 aromatic heterocycles. The minimum atomic E-state index is -3.46. The van der Waals surface area contributed by atoms with E-state index >= 15 is 0 Å². The first-order chi connectivity index (χ1) is 23.1. The van der Waals surface area contributed by atoms with Crippen molar-refractivity contribution in [3.63, 3.8) is 0 Å². The molecule has 0 aliphatic carbocycles. The van der Waals surface area contributed by atoms with Crippen LogP contribution in [0.1, 0.15) is 56.2 Å². The number of hydrogen-bond acceptors (Lipinski definition) is 8. The van der Waals surface area contributed by atoms with E-state index in [0.29, 0.717) is 39.6 Å². The van der Waals surface area contributed by atoms with Crippen molar-refractivity contribution in [1.29, 1.82) is 0 Å². The molecule has 3 aromatic rings. The van der Waals surface area contributed by atoms with E-state index in [-0.39, 0.29) is 18.3 Å². The summed E-state index contributed by atoms with van der Waals surface area (Å²) < 4.78 is 53.7. The molecule has 0 bridgehead atoms. The summed E-state index contributed by atoms with van der Waals surface area (Å²) in [6.07, 6.45) is 2.45. The predicted octanol–water partition coefficient (Wildman–Crippen LogP) is 7.58. The molecule has 0 N–H and O–H groups in total. The molecule has 256 valence electrons. The van der Waals surface area contributed by atoms with Crippen molar-refractivity contribution in [2.75, 3.05) is 26.9 Å². The van der Waals surface area contributed by atoms with Crippen LogP contribution in [0.4, 0.5) is 0 Å². The van der Waals surface area contributed by atoms with E-state index in [2.05, 4.69) is 38.1 Å². The molecule has 2 fully saturated rings. The maximum absolute atomic E-state index is 7.19. The molecule has 2 saturated heterocycles. The molecular formula is C38H52O8Sn. The molecule has 0 amide bonds. The minimum absolute atomic E-state index is 0.262. The Hall–Kier alpha value is -2.02. The summed E-state index contributed by atoms with van der Waals surface area (Å²) in [6.45, 7) is 7.01. The first-order valence-electron chi connectivity index (χ1n) is 17.2.